The van der Waals surface area contributed by atoms with Crippen LogP contribution in [0.1, 0.15) is 44.8 Å². The Hall–Kier alpha value is -2.19. The lowest BCUT2D eigenvalue weighted by Crippen LogP contribution is -2.23. The zero-order chi connectivity index (χ0) is 24.3. The summed E-state index contributed by atoms with van der Waals surface area (Å²) in [4.78, 5) is 19.5. The number of methoxy groups -OCH3 is 2. The third-order valence-electron chi connectivity index (χ3n) is 4.96. The summed E-state index contributed by atoms with van der Waals surface area (Å²) in [7, 11) is 3.35. The largest absolute Gasteiger partial charge is 0.384 e. The lowest BCUT2D eigenvalue weighted by Gasteiger charge is -2.25. The number of carbonyl (C=O) groups excluding carboxylic acids is 1. The summed E-state index contributed by atoms with van der Waals surface area (Å²) in [5, 5.41) is 2.82. The van der Waals surface area contributed by atoms with E-state index in [1.54, 1.807) is 14.2 Å². The van der Waals surface area contributed by atoms with Gasteiger partial charge in [-0.15, -0.1) is 11.3 Å². The smallest absolute Gasteiger partial charge is 0.137 e. The summed E-state index contributed by atoms with van der Waals surface area (Å²) in [6, 6.07) is -0.528. The van der Waals surface area contributed by atoms with Gasteiger partial charge >= 0.3 is 0 Å². The van der Waals surface area contributed by atoms with Crippen molar-refractivity contribution in [3.8, 4) is 0 Å². The zero-order valence-electron chi connectivity index (χ0n) is 20.2. The molecular weight excluding hydrogens is 422 g/mol. The number of aldehydes is 1. The van der Waals surface area contributed by atoms with Gasteiger partial charge in [0.15, 0.2) is 0 Å². The number of thiazole rings is 1. The van der Waals surface area contributed by atoms with Gasteiger partial charge in [0.05, 0.1) is 35.2 Å². The Morgan fingerprint density at radius 1 is 1.38 bits per heavy atom. The molecule has 2 atom stereocenters. The molecular formula is C25H37N3O3S. The highest BCUT2D eigenvalue weighted by Crippen LogP contribution is 2.31. The molecule has 0 saturated carbocycles. The molecule has 0 saturated heterocycles. The third-order valence-corrected chi connectivity index (χ3v) is 5.83. The minimum Gasteiger partial charge on any atom is -0.384 e. The van der Waals surface area contributed by atoms with E-state index in [4.69, 9.17) is 15.2 Å². The molecule has 0 aliphatic rings. The van der Waals surface area contributed by atoms with Gasteiger partial charge in [-0.1, -0.05) is 32.6 Å². The first kappa shape index (κ1) is 27.8. The maximum atomic E-state index is 10.8. The summed E-state index contributed by atoms with van der Waals surface area (Å²) < 4.78 is 10.8. The molecule has 0 amide bonds. The fraction of sp³-hybridized carbons (Fsp3) is 0.480. The van der Waals surface area contributed by atoms with Gasteiger partial charge in [0.25, 0.3) is 0 Å². The molecule has 1 heterocycles. The molecule has 0 aliphatic heterocycles. The van der Waals surface area contributed by atoms with Gasteiger partial charge in [-0.2, -0.15) is 0 Å². The molecule has 1 rings (SSSR count). The van der Waals surface area contributed by atoms with Crippen molar-refractivity contribution in [2.75, 3.05) is 20.8 Å². The summed E-state index contributed by atoms with van der Waals surface area (Å²) in [5.41, 5.74) is 10.2. The molecule has 176 valence electrons. The van der Waals surface area contributed by atoms with Crippen LogP contribution in [0.4, 0.5) is 0 Å². The Kier molecular flexibility index (Phi) is 11.6. The highest BCUT2D eigenvalue weighted by Gasteiger charge is 2.21. The Labute approximate surface area is 196 Å². The molecule has 7 heteroatoms. The van der Waals surface area contributed by atoms with Crippen LogP contribution in [0.15, 0.2) is 52.0 Å². The van der Waals surface area contributed by atoms with Gasteiger partial charge in [-0.3, -0.25) is 4.99 Å². The van der Waals surface area contributed by atoms with Gasteiger partial charge in [0.1, 0.15) is 6.29 Å². The maximum absolute atomic E-state index is 10.8. The van der Waals surface area contributed by atoms with Gasteiger partial charge in [-0.25, -0.2) is 4.98 Å². The van der Waals surface area contributed by atoms with Crippen LogP contribution in [0, 0.1) is 5.41 Å². The van der Waals surface area contributed by atoms with Crippen LogP contribution in [0.2, 0.25) is 0 Å². The SMILES string of the molecule is C=N/C(=C/C=C(\CC(C)(C)COC)C(=C)/C=C(\C)c1csc(CC(N)C=O)n1)C(C)OC. The quantitative estimate of drug-likeness (QED) is 0.246. The standard InChI is InChI=1S/C25H37N3O3S/c1-17(11-18(2)23-15-32-24(28-23)12-21(26)14-29)20(13-25(4,5)16-30-7)9-10-22(27-6)19(3)31-8/h9-11,14-15,19,21H,1,6,12-13,16,26H2,2-5,7-8H3/b18-11+,20-9+,22-10+. The normalized spacial score (nSPS) is 15.4. The Bertz CT molecular complexity index is 881. The van der Waals surface area contributed by atoms with Crippen molar-refractivity contribution in [3.05, 3.63) is 57.7 Å². The summed E-state index contributed by atoms with van der Waals surface area (Å²) in [6.45, 7) is 16.8. The van der Waals surface area contributed by atoms with Crippen LogP contribution < -0.4 is 5.73 Å². The van der Waals surface area contributed by atoms with E-state index >= 15 is 0 Å². The van der Waals surface area contributed by atoms with Crippen molar-refractivity contribution >= 4 is 29.9 Å². The van der Waals surface area contributed by atoms with Crippen molar-refractivity contribution in [3.63, 3.8) is 0 Å². The lowest BCUT2D eigenvalue weighted by molar-refractivity contribution is -0.108. The topological polar surface area (TPSA) is 86.8 Å². The van der Waals surface area contributed by atoms with Crippen molar-refractivity contribution in [1.29, 1.82) is 0 Å². The van der Waals surface area contributed by atoms with E-state index in [1.807, 2.05) is 37.5 Å². The van der Waals surface area contributed by atoms with Crippen LogP contribution in [-0.2, 0) is 20.7 Å². The molecule has 0 fully saturated rings. The number of allylic oxidation sites excluding steroid dienone is 6. The van der Waals surface area contributed by atoms with Gasteiger partial charge in [-0.05, 0) is 55.2 Å². The first-order valence-electron chi connectivity index (χ1n) is 10.5. The zero-order valence-corrected chi connectivity index (χ0v) is 21.0. The average molecular weight is 460 g/mol. The molecule has 32 heavy (non-hydrogen) atoms. The highest BCUT2D eigenvalue weighted by molar-refractivity contribution is 7.09. The van der Waals surface area contributed by atoms with Crippen molar-refractivity contribution < 1.29 is 14.3 Å². The molecule has 6 nitrogen and oxygen atoms in total. The second kappa shape index (κ2) is 13.4. The van der Waals surface area contributed by atoms with E-state index in [0.717, 1.165) is 45.8 Å². The van der Waals surface area contributed by atoms with Gasteiger partial charge < -0.3 is 20.0 Å². The number of aromatic nitrogens is 1. The molecule has 1 aromatic heterocycles. The van der Waals surface area contributed by atoms with Crippen LogP contribution in [0.5, 0.6) is 0 Å². The molecule has 0 bridgehead atoms. The Balaban J connectivity index is 3.23. The van der Waals surface area contributed by atoms with Gasteiger partial charge in [0, 0.05) is 26.0 Å². The van der Waals surface area contributed by atoms with Crippen LogP contribution in [0.25, 0.3) is 5.57 Å². The predicted molar refractivity (Wildman–Crippen MR) is 135 cm³/mol. The highest BCUT2D eigenvalue weighted by atomic mass is 32.1. The van der Waals surface area contributed by atoms with E-state index < -0.39 is 6.04 Å². The number of ether oxygens (including phenoxy) is 2. The number of hydrogen-bond donors (Lipinski definition) is 1. The summed E-state index contributed by atoms with van der Waals surface area (Å²) in [6.07, 6.45) is 7.78. The van der Waals surface area contributed by atoms with E-state index in [0.29, 0.717) is 13.0 Å². The van der Waals surface area contributed by atoms with E-state index in [2.05, 4.69) is 37.1 Å². The average Bonchev–Trinajstić information content (AvgIpc) is 3.21. The van der Waals surface area contributed by atoms with Crippen molar-refractivity contribution in [1.82, 2.24) is 4.98 Å². The summed E-state index contributed by atoms with van der Waals surface area (Å²) >= 11 is 1.50. The van der Waals surface area contributed by atoms with E-state index in [9.17, 15) is 4.79 Å². The number of nitrogens with zero attached hydrogens (tertiary/aromatic N) is 2. The van der Waals surface area contributed by atoms with E-state index in [1.165, 1.54) is 11.3 Å². The first-order chi connectivity index (χ1) is 15.1. The molecule has 0 spiro atoms. The molecule has 2 unspecified atom stereocenters. The Morgan fingerprint density at radius 3 is 2.62 bits per heavy atom. The predicted octanol–water partition coefficient (Wildman–Crippen LogP) is 4.78. The maximum Gasteiger partial charge on any atom is 0.137 e. The number of aliphatic imine (C=N–C) groups is 1. The fourth-order valence-corrected chi connectivity index (χ4v) is 4.05. The monoisotopic (exact) mass is 459 g/mol. The second-order valence-corrected chi connectivity index (χ2v) is 9.52. The Morgan fingerprint density at radius 2 is 2.06 bits per heavy atom. The van der Waals surface area contributed by atoms with Crippen LogP contribution in [0.3, 0.4) is 0 Å². The minimum absolute atomic E-state index is 0.0769. The van der Waals surface area contributed by atoms with Crippen molar-refractivity contribution in [2.24, 2.45) is 16.1 Å². The molecule has 1 aromatic rings. The molecule has 2 N–H and O–H groups in total. The third kappa shape index (κ3) is 9.12. The molecule has 0 radical (unpaired) electrons. The second-order valence-electron chi connectivity index (χ2n) is 8.58. The number of rotatable bonds is 14. The van der Waals surface area contributed by atoms with E-state index in [-0.39, 0.29) is 11.5 Å². The first-order valence-corrected chi connectivity index (χ1v) is 11.4. The van der Waals surface area contributed by atoms with Crippen molar-refractivity contribution in [2.45, 2.75) is 52.7 Å². The lowest BCUT2D eigenvalue weighted by atomic mass is 9.83. The molecule has 0 aliphatic carbocycles. The van der Waals surface area contributed by atoms with Crippen LogP contribution in [-0.4, -0.2) is 51.0 Å². The summed E-state index contributed by atoms with van der Waals surface area (Å²) in [5.74, 6) is 0. The number of hydrogen-bond acceptors (Lipinski definition) is 7. The molecule has 0 aromatic carbocycles. The number of nitrogens with two attached hydrogens (primary N) is 1. The van der Waals surface area contributed by atoms with Crippen LogP contribution >= 0.6 is 11.3 Å². The van der Waals surface area contributed by atoms with Gasteiger partial charge in [0.2, 0.25) is 0 Å². The fourth-order valence-electron chi connectivity index (χ4n) is 3.12. The number of carbonyl (C=O) groups is 1. The minimum atomic E-state index is -0.528.